The summed E-state index contributed by atoms with van der Waals surface area (Å²) in [7, 11) is -0.212. The Hall–Kier alpha value is -1.67. The van der Waals surface area contributed by atoms with Crippen LogP contribution in [0.5, 0.6) is 0 Å². The van der Waals surface area contributed by atoms with Crippen LogP contribution in [0, 0.1) is 0 Å². The first-order valence-electron chi connectivity index (χ1n) is 4.36. The van der Waals surface area contributed by atoms with E-state index in [1.54, 1.807) is 25.1 Å². The number of aromatic nitrogens is 2. The van der Waals surface area contributed by atoms with Crippen LogP contribution in [0.3, 0.4) is 0 Å². The van der Waals surface area contributed by atoms with Crippen molar-refractivity contribution in [3.8, 4) is 0 Å². The van der Waals surface area contributed by atoms with Crippen LogP contribution in [-0.4, -0.2) is 32.8 Å². The van der Waals surface area contributed by atoms with Crippen LogP contribution in [0.4, 0.5) is 5.69 Å². The second-order valence-electron chi connectivity index (χ2n) is 3.48. The zero-order chi connectivity index (χ0) is 11.9. The lowest BCUT2D eigenvalue weighted by Crippen LogP contribution is -2.14. The molecule has 0 aliphatic rings. The molecule has 0 spiro atoms. The van der Waals surface area contributed by atoms with Crippen molar-refractivity contribution >= 4 is 26.7 Å². The van der Waals surface area contributed by atoms with E-state index in [4.69, 9.17) is 5.14 Å². The first kappa shape index (κ1) is 10.8. The molecular formula is C8H10N4O3S. The van der Waals surface area contributed by atoms with Gasteiger partial charge in [0, 0.05) is 14.1 Å². The third-order valence-electron chi connectivity index (χ3n) is 2.15. The fraction of sp³-hybridized carbons (Fsp3) is 0.250. The number of sulfonamides is 1. The molecule has 8 heteroatoms. The molecule has 0 amide bonds. The Labute approximate surface area is 91.8 Å². The highest BCUT2D eigenvalue weighted by atomic mass is 32.2. The number of nitrogens with zero attached hydrogens (tertiary/aromatic N) is 3. The van der Waals surface area contributed by atoms with Crippen molar-refractivity contribution in [3.63, 3.8) is 0 Å². The van der Waals surface area contributed by atoms with Gasteiger partial charge in [0.1, 0.15) is 4.90 Å². The van der Waals surface area contributed by atoms with Gasteiger partial charge in [-0.1, -0.05) is 0 Å². The smallest absolute Gasteiger partial charge is 0.240 e. The Kier molecular flexibility index (Phi) is 2.32. The van der Waals surface area contributed by atoms with Crippen molar-refractivity contribution in [2.45, 2.75) is 4.90 Å². The molecule has 0 aliphatic carbocycles. The monoisotopic (exact) mass is 242 g/mol. The van der Waals surface area contributed by atoms with Gasteiger partial charge in [0.2, 0.25) is 10.0 Å². The van der Waals surface area contributed by atoms with Gasteiger partial charge in [0.15, 0.2) is 11.0 Å². The molecule has 0 saturated heterocycles. The highest BCUT2D eigenvalue weighted by Crippen LogP contribution is 2.27. The van der Waals surface area contributed by atoms with Gasteiger partial charge in [0.25, 0.3) is 0 Å². The van der Waals surface area contributed by atoms with Crippen LogP contribution in [0.15, 0.2) is 21.7 Å². The maximum absolute atomic E-state index is 11.3. The molecule has 2 rings (SSSR count). The second-order valence-corrected chi connectivity index (χ2v) is 5.01. The minimum absolute atomic E-state index is 0.0886. The molecule has 0 atom stereocenters. The number of rotatable bonds is 2. The Morgan fingerprint density at radius 1 is 1.25 bits per heavy atom. The Bertz CT molecular complexity index is 632. The maximum Gasteiger partial charge on any atom is 0.240 e. The molecule has 2 aromatic rings. The van der Waals surface area contributed by atoms with Crippen molar-refractivity contribution < 1.29 is 13.0 Å². The van der Waals surface area contributed by atoms with Gasteiger partial charge >= 0.3 is 0 Å². The van der Waals surface area contributed by atoms with Gasteiger partial charge in [-0.05, 0) is 22.4 Å². The fourth-order valence-corrected chi connectivity index (χ4v) is 2.08. The van der Waals surface area contributed by atoms with Crippen LogP contribution >= 0.6 is 0 Å². The SMILES string of the molecule is CN(C)c1ccc(S(N)(=O)=O)c2nonc12. The molecule has 7 nitrogen and oxygen atoms in total. The number of fused-ring (bicyclic) bond motifs is 1. The molecule has 0 aliphatic heterocycles. The van der Waals surface area contributed by atoms with Crippen molar-refractivity contribution in [2.24, 2.45) is 5.14 Å². The third-order valence-corrected chi connectivity index (χ3v) is 3.09. The van der Waals surface area contributed by atoms with Gasteiger partial charge in [-0.2, -0.15) is 0 Å². The summed E-state index contributed by atoms with van der Waals surface area (Å²) in [5, 5.41) is 12.3. The van der Waals surface area contributed by atoms with Crippen LogP contribution in [0.1, 0.15) is 0 Å². The van der Waals surface area contributed by atoms with Gasteiger partial charge in [-0.25, -0.2) is 18.2 Å². The number of nitrogens with two attached hydrogens (primary N) is 1. The van der Waals surface area contributed by atoms with Crippen LogP contribution in [0.2, 0.25) is 0 Å². The van der Waals surface area contributed by atoms with E-state index < -0.39 is 10.0 Å². The zero-order valence-electron chi connectivity index (χ0n) is 8.71. The highest BCUT2D eigenvalue weighted by molar-refractivity contribution is 7.89. The minimum atomic E-state index is -3.82. The van der Waals surface area contributed by atoms with Gasteiger partial charge in [-0.15, -0.1) is 0 Å². The first-order valence-corrected chi connectivity index (χ1v) is 5.91. The molecule has 0 fully saturated rings. The predicted molar refractivity (Wildman–Crippen MR) is 57.5 cm³/mol. The molecule has 1 heterocycles. The normalized spacial score (nSPS) is 11.9. The minimum Gasteiger partial charge on any atom is -0.376 e. The summed E-state index contributed by atoms with van der Waals surface area (Å²) in [4.78, 5) is 1.69. The Morgan fingerprint density at radius 3 is 2.44 bits per heavy atom. The maximum atomic E-state index is 11.3. The number of primary sulfonamides is 1. The molecule has 1 aromatic carbocycles. The number of hydrogen-bond acceptors (Lipinski definition) is 6. The first-order chi connectivity index (χ1) is 7.41. The number of hydrogen-bond donors (Lipinski definition) is 1. The van der Waals surface area contributed by atoms with Crippen LogP contribution in [-0.2, 0) is 10.0 Å². The summed E-state index contributed by atoms with van der Waals surface area (Å²) >= 11 is 0. The van der Waals surface area contributed by atoms with E-state index in [0.717, 1.165) is 0 Å². The summed E-state index contributed by atoms with van der Waals surface area (Å²) in [6, 6.07) is 2.99. The quantitative estimate of drug-likeness (QED) is 0.791. The zero-order valence-corrected chi connectivity index (χ0v) is 9.52. The molecule has 0 saturated carbocycles. The van der Waals surface area contributed by atoms with E-state index in [1.807, 2.05) is 0 Å². The molecule has 2 N–H and O–H groups in total. The molecule has 16 heavy (non-hydrogen) atoms. The molecule has 0 radical (unpaired) electrons. The van der Waals surface area contributed by atoms with E-state index in [2.05, 4.69) is 14.9 Å². The molecular weight excluding hydrogens is 232 g/mol. The number of benzene rings is 1. The summed E-state index contributed by atoms with van der Waals surface area (Å²) in [6.07, 6.45) is 0. The molecule has 0 bridgehead atoms. The average molecular weight is 242 g/mol. The summed E-state index contributed by atoms with van der Waals surface area (Å²) < 4.78 is 27.1. The topological polar surface area (TPSA) is 102 Å². The molecule has 1 aromatic heterocycles. The van der Waals surface area contributed by atoms with E-state index in [-0.39, 0.29) is 10.4 Å². The largest absolute Gasteiger partial charge is 0.376 e. The second kappa shape index (κ2) is 3.42. The fourth-order valence-electron chi connectivity index (χ4n) is 1.42. The lowest BCUT2D eigenvalue weighted by molar-refractivity contribution is 0.315. The van der Waals surface area contributed by atoms with E-state index in [9.17, 15) is 8.42 Å². The predicted octanol–water partition coefficient (Wildman–Crippen LogP) is -0.0638. The Morgan fingerprint density at radius 2 is 1.88 bits per heavy atom. The summed E-state index contributed by atoms with van der Waals surface area (Å²) in [5.74, 6) is 0. The lowest BCUT2D eigenvalue weighted by Gasteiger charge is -2.12. The van der Waals surface area contributed by atoms with E-state index >= 15 is 0 Å². The van der Waals surface area contributed by atoms with Crippen molar-refractivity contribution in [1.29, 1.82) is 0 Å². The Balaban J connectivity index is 2.84. The molecule has 0 unspecified atom stereocenters. The van der Waals surface area contributed by atoms with Gasteiger partial charge < -0.3 is 4.90 Å². The van der Waals surface area contributed by atoms with Gasteiger partial charge in [-0.3, -0.25) is 0 Å². The van der Waals surface area contributed by atoms with E-state index in [0.29, 0.717) is 11.2 Å². The number of anilines is 1. The summed E-state index contributed by atoms with van der Waals surface area (Å²) in [6.45, 7) is 0. The average Bonchev–Trinajstić information content (AvgIpc) is 2.61. The lowest BCUT2D eigenvalue weighted by atomic mass is 10.2. The standard InChI is InChI=1S/C8H10N4O3S/c1-12(2)5-3-4-6(16(9,13)14)8-7(5)10-15-11-8/h3-4H,1-2H3,(H2,9,13,14). The highest BCUT2D eigenvalue weighted by Gasteiger charge is 2.19. The van der Waals surface area contributed by atoms with E-state index in [1.165, 1.54) is 6.07 Å². The van der Waals surface area contributed by atoms with Crippen molar-refractivity contribution in [2.75, 3.05) is 19.0 Å². The third kappa shape index (κ3) is 1.61. The summed E-state index contributed by atoms with van der Waals surface area (Å²) in [5.41, 5.74) is 1.23. The van der Waals surface area contributed by atoms with Crippen LogP contribution < -0.4 is 10.0 Å². The van der Waals surface area contributed by atoms with Crippen molar-refractivity contribution in [1.82, 2.24) is 10.3 Å². The van der Waals surface area contributed by atoms with Gasteiger partial charge in [0.05, 0.1) is 5.69 Å². The molecule has 86 valence electrons. The van der Waals surface area contributed by atoms with Crippen molar-refractivity contribution in [3.05, 3.63) is 12.1 Å². The van der Waals surface area contributed by atoms with Crippen LogP contribution in [0.25, 0.3) is 11.0 Å².